The molecule has 5 nitrogen and oxygen atoms in total. The molecule has 138 valence electrons. The van der Waals surface area contributed by atoms with E-state index in [1.54, 1.807) is 10.9 Å². The largest absolute Gasteiger partial charge is 0.348 e. The van der Waals surface area contributed by atoms with Gasteiger partial charge in [-0.15, -0.1) is 0 Å². The second-order valence-electron chi connectivity index (χ2n) is 6.89. The van der Waals surface area contributed by atoms with Crippen LogP contribution in [0.15, 0.2) is 6.20 Å². The first-order valence-corrected chi connectivity index (χ1v) is 9.51. The molecule has 24 heavy (non-hydrogen) atoms. The minimum atomic E-state index is -0.0184. The monoisotopic (exact) mass is 336 g/mol. The van der Waals surface area contributed by atoms with Crippen LogP contribution >= 0.6 is 0 Å². The zero-order valence-corrected chi connectivity index (χ0v) is 16.3. The Morgan fingerprint density at radius 2 is 1.79 bits per heavy atom. The Balaban J connectivity index is 2.50. The first-order chi connectivity index (χ1) is 11.5. The summed E-state index contributed by atoms with van der Waals surface area (Å²) in [6.45, 7) is 11.6. The molecule has 1 atom stereocenters. The van der Waals surface area contributed by atoms with Crippen LogP contribution in [-0.4, -0.2) is 46.3 Å². The Morgan fingerprint density at radius 3 is 2.25 bits per heavy atom. The topological polar surface area (TPSA) is 50.2 Å². The third-order valence-corrected chi connectivity index (χ3v) is 4.32. The number of nitrogens with zero attached hydrogens (tertiary/aromatic N) is 3. The van der Waals surface area contributed by atoms with Gasteiger partial charge >= 0.3 is 0 Å². The third kappa shape index (κ3) is 7.47. The Bertz CT molecular complexity index is 474. The van der Waals surface area contributed by atoms with Gasteiger partial charge in [0.25, 0.3) is 5.91 Å². The van der Waals surface area contributed by atoms with Gasteiger partial charge in [-0.3, -0.25) is 9.48 Å². The minimum absolute atomic E-state index is 0.0184. The summed E-state index contributed by atoms with van der Waals surface area (Å²) in [4.78, 5) is 14.9. The predicted octanol–water partition coefficient (Wildman–Crippen LogP) is 3.53. The van der Waals surface area contributed by atoms with Crippen molar-refractivity contribution in [1.29, 1.82) is 0 Å². The Kier molecular flexibility index (Phi) is 9.69. The van der Waals surface area contributed by atoms with Crippen LogP contribution in [0, 0.1) is 6.92 Å². The molecule has 1 unspecified atom stereocenters. The average Bonchev–Trinajstić information content (AvgIpc) is 2.86. The van der Waals surface area contributed by atoms with Gasteiger partial charge in [-0.05, 0) is 39.8 Å². The molecule has 0 aliphatic carbocycles. The van der Waals surface area contributed by atoms with E-state index in [0.717, 1.165) is 25.3 Å². The molecular weight excluding hydrogens is 300 g/mol. The lowest BCUT2D eigenvalue weighted by molar-refractivity contribution is 0.0927. The molecule has 0 spiro atoms. The maximum Gasteiger partial charge on any atom is 0.254 e. The summed E-state index contributed by atoms with van der Waals surface area (Å²) in [6.07, 6.45) is 9.32. The number of hydrogen-bond acceptors (Lipinski definition) is 3. The van der Waals surface area contributed by atoms with Gasteiger partial charge in [0.1, 0.15) is 0 Å². The molecule has 5 heteroatoms. The summed E-state index contributed by atoms with van der Waals surface area (Å²) in [5.41, 5.74) is 1.46. The standard InChI is InChI=1S/C19H36N4O/c1-6-8-10-12-23(13-11-9-7-2)14-16(3)20-19(24)18-15-22(5)21-17(18)4/h15-16H,6-14H2,1-5H3,(H,20,24). The number of aryl methyl sites for hydroxylation is 2. The van der Waals surface area contributed by atoms with Gasteiger partial charge in [-0.2, -0.15) is 5.10 Å². The molecule has 1 heterocycles. The fourth-order valence-electron chi connectivity index (χ4n) is 3.02. The van der Waals surface area contributed by atoms with Gasteiger partial charge in [0.05, 0.1) is 11.3 Å². The van der Waals surface area contributed by atoms with Crippen molar-refractivity contribution in [2.45, 2.75) is 72.3 Å². The predicted molar refractivity (Wildman–Crippen MR) is 100 cm³/mol. The van der Waals surface area contributed by atoms with Crippen molar-refractivity contribution in [3.05, 3.63) is 17.5 Å². The van der Waals surface area contributed by atoms with Crippen molar-refractivity contribution in [1.82, 2.24) is 20.0 Å². The van der Waals surface area contributed by atoms with E-state index in [1.807, 2.05) is 14.0 Å². The molecule has 0 fully saturated rings. The van der Waals surface area contributed by atoms with E-state index >= 15 is 0 Å². The van der Waals surface area contributed by atoms with Crippen molar-refractivity contribution in [3.8, 4) is 0 Å². The zero-order valence-electron chi connectivity index (χ0n) is 16.3. The van der Waals surface area contributed by atoms with Gasteiger partial charge in [-0.1, -0.05) is 39.5 Å². The van der Waals surface area contributed by atoms with Gasteiger partial charge < -0.3 is 10.2 Å². The van der Waals surface area contributed by atoms with Crippen LogP contribution in [0.5, 0.6) is 0 Å². The second kappa shape index (κ2) is 11.2. The lowest BCUT2D eigenvalue weighted by Gasteiger charge is -2.26. The normalized spacial score (nSPS) is 12.6. The first-order valence-electron chi connectivity index (χ1n) is 9.51. The molecule has 0 aliphatic rings. The van der Waals surface area contributed by atoms with E-state index in [9.17, 15) is 4.79 Å². The van der Waals surface area contributed by atoms with E-state index in [1.165, 1.54) is 38.5 Å². The zero-order chi connectivity index (χ0) is 17.9. The summed E-state index contributed by atoms with van der Waals surface area (Å²) in [5.74, 6) is -0.0184. The highest BCUT2D eigenvalue weighted by atomic mass is 16.1. The molecule has 0 bridgehead atoms. The molecular formula is C19H36N4O. The van der Waals surface area contributed by atoms with Crippen molar-refractivity contribution < 1.29 is 4.79 Å². The van der Waals surface area contributed by atoms with E-state index in [-0.39, 0.29) is 11.9 Å². The highest BCUT2D eigenvalue weighted by Crippen LogP contribution is 2.07. The van der Waals surface area contributed by atoms with Crippen molar-refractivity contribution in [3.63, 3.8) is 0 Å². The first kappa shape index (κ1) is 20.7. The van der Waals surface area contributed by atoms with Crippen LogP contribution in [0.4, 0.5) is 0 Å². The molecule has 0 radical (unpaired) electrons. The summed E-state index contributed by atoms with van der Waals surface area (Å²) < 4.78 is 1.69. The number of carbonyl (C=O) groups excluding carboxylic acids is 1. The number of amides is 1. The molecule has 1 rings (SSSR count). The maximum absolute atomic E-state index is 12.4. The Morgan fingerprint density at radius 1 is 1.21 bits per heavy atom. The average molecular weight is 337 g/mol. The number of unbranched alkanes of at least 4 members (excludes halogenated alkanes) is 4. The molecule has 1 amide bonds. The van der Waals surface area contributed by atoms with Crippen LogP contribution < -0.4 is 5.32 Å². The van der Waals surface area contributed by atoms with Crippen LogP contribution in [0.1, 0.15) is 75.3 Å². The highest BCUT2D eigenvalue weighted by Gasteiger charge is 2.16. The van der Waals surface area contributed by atoms with Gasteiger partial charge in [-0.25, -0.2) is 0 Å². The molecule has 1 N–H and O–H groups in total. The summed E-state index contributed by atoms with van der Waals surface area (Å²) in [5, 5.41) is 7.37. The summed E-state index contributed by atoms with van der Waals surface area (Å²) >= 11 is 0. The molecule has 0 aliphatic heterocycles. The van der Waals surface area contributed by atoms with Crippen LogP contribution in [0.2, 0.25) is 0 Å². The van der Waals surface area contributed by atoms with Gasteiger partial charge in [0.15, 0.2) is 0 Å². The smallest absolute Gasteiger partial charge is 0.254 e. The van der Waals surface area contributed by atoms with Crippen molar-refractivity contribution in [2.24, 2.45) is 7.05 Å². The molecule has 1 aromatic heterocycles. The summed E-state index contributed by atoms with van der Waals surface area (Å²) in [6, 6.07) is 0.139. The second-order valence-corrected chi connectivity index (χ2v) is 6.89. The van der Waals surface area contributed by atoms with Crippen LogP contribution in [0.25, 0.3) is 0 Å². The molecule has 0 aromatic carbocycles. The number of nitrogens with one attached hydrogen (secondary N) is 1. The van der Waals surface area contributed by atoms with E-state index in [4.69, 9.17) is 0 Å². The van der Waals surface area contributed by atoms with Gasteiger partial charge in [0.2, 0.25) is 0 Å². The third-order valence-electron chi connectivity index (χ3n) is 4.32. The van der Waals surface area contributed by atoms with Crippen molar-refractivity contribution in [2.75, 3.05) is 19.6 Å². The SMILES string of the molecule is CCCCCN(CCCCC)CC(C)NC(=O)c1cn(C)nc1C. The number of carbonyl (C=O) groups is 1. The lowest BCUT2D eigenvalue weighted by Crippen LogP contribution is -2.42. The van der Waals surface area contributed by atoms with Gasteiger partial charge in [0, 0.05) is 25.8 Å². The fraction of sp³-hybridized carbons (Fsp3) is 0.789. The number of rotatable bonds is 12. The summed E-state index contributed by atoms with van der Waals surface area (Å²) in [7, 11) is 1.84. The minimum Gasteiger partial charge on any atom is -0.348 e. The van der Waals surface area contributed by atoms with E-state index in [2.05, 4.69) is 36.1 Å². The fourth-order valence-corrected chi connectivity index (χ4v) is 3.02. The Labute approximate surface area is 147 Å². The lowest BCUT2D eigenvalue weighted by atomic mass is 10.2. The van der Waals surface area contributed by atoms with Crippen molar-refractivity contribution >= 4 is 5.91 Å². The Hall–Kier alpha value is -1.36. The van der Waals surface area contributed by atoms with Crippen LogP contribution in [-0.2, 0) is 7.05 Å². The quantitative estimate of drug-likeness (QED) is 0.594. The molecule has 1 aromatic rings. The maximum atomic E-state index is 12.4. The molecule has 0 saturated carbocycles. The van der Waals surface area contributed by atoms with E-state index in [0.29, 0.717) is 5.56 Å². The van der Waals surface area contributed by atoms with E-state index < -0.39 is 0 Å². The number of hydrogen-bond donors (Lipinski definition) is 1. The van der Waals surface area contributed by atoms with Crippen LogP contribution in [0.3, 0.4) is 0 Å². The number of aromatic nitrogens is 2. The molecule has 0 saturated heterocycles. The highest BCUT2D eigenvalue weighted by molar-refractivity contribution is 5.95.